The van der Waals surface area contributed by atoms with Crippen LogP contribution < -0.4 is 10.6 Å². The fraction of sp³-hybridized carbons (Fsp3) is 0.902. The Morgan fingerprint density at radius 3 is 1.68 bits per heavy atom. The fourth-order valence-corrected chi connectivity index (χ4v) is 7.83. The molecule has 0 aromatic heterocycles. The number of hydrogen-bond acceptors (Lipinski definition) is 17. The summed E-state index contributed by atoms with van der Waals surface area (Å²) in [6.45, 7) is 2.07. The second-order valence-electron chi connectivity index (χ2n) is 16.6. The fourth-order valence-electron chi connectivity index (χ4n) is 7.83. The van der Waals surface area contributed by atoms with Crippen LogP contribution in [0, 0.1) is 5.92 Å². The van der Waals surface area contributed by atoms with Crippen LogP contribution >= 0.6 is 0 Å². The van der Waals surface area contributed by atoms with Gasteiger partial charge in [0, 0.05) is 84.7 Å². The first-order valence-electron chi connectivity index (χ1n) is 22.1. The maximum Gasteiger partial charge on any atom is 0.222 e. The summed E-state index contributed by atoms with van der Waals surface area (Å²) < 4.78 is 21.6. The Bertz CT molecular complexity index is 1300. The minimum Gasteiger partial charge on any atom is -0.394 e. The minimum atomic E-state index is -1.56. The molecule has 0 aromatic carbocycles. The number of rotatable bonds is 29. The molecular weight excluding hydrogens is 895 g/mol. The second kappa shape index (κ2) is 30.8. The van der Waals surface area contributed by atoms with Gasteiger partial charge in [-0.15, -0.1) is 0 Å². The molecule has 10 unspecified atom stereocenters. The molecule has 21 heteroatoms. The van der Waals surface area contributed by atoms with Crippen LogP contribution in [0.3, 0.4) is 0 Å². The molecule has 3 saturated heterocycles. The summed E-state index contributed by atoms with van der Waals surface area (Å²) in [7, 11) is 0. The van der Waals surface area contributed by atoms with Crippen LogP contribution in [0.4, 0.5) is 0 Å². The largest absolute Gasteiger partial charge is 0.394 e. The molecule has 0 spiro atoms. The topological polar surface area (TPSA) is 315 Å². The zero-order chi connectivity index (χ0) is 44.9. The summed E-state index contributed by atoms with van der Waals surface area (Å²) in [5, 5.41) is 93.9. The summed E-state index contributed by atoms with van der Waals surface area (Å²) in [6, 6.07) is -0.853. The first kappa shape index (κ1) is 56.8. The normalized spacial score (nSPS) is 30.4. The standard InChI is InChI=1S/C41H73N3O17.Y/c1-25-20-26(22-45)44(21-25)33(51)16-5-3-2-4-13-28(48)27(43-32(50)15-8-11-19-59-41-39(57)37(55)35(53)30(24-47)61-41)12-6-9-17-42-31(49)14-7-10-18-58-40-38(56)36(54)34(52)29(23-46)60-40;/h25-27,29-30,34-41,45-47,52-57H,2-24H2,1H3,(H,42,49)(H,43,50);/t25-,26+,27-,29?,30?,34?,35?,36?,37?,38?,39?,40?,41?;/m1./s1. The van der Waals surface area contributed by atoms with E-state index in [2.05, 4.69) is 17.6 Å². The summed E-state index contributed by atoms with van der Waals surface area (Å²) in [4.78, 5) is 53.2. The number of amides is 3. The molecule has 1 radical (unpaired) electrons. The molecule has 3 aliphatic rings. The molecule has 3 rings (SSSR count). The Balaban J connectivity index is 0.0000132. The van der Waals surface area contributed by atoms with Gasteiger partial charge in [0.15, 0.2) is 18.4 Å². The zero-order valence-corrected chi connectivity index (χ0v) is 38.9. The molecule has 3 fully saturated rings. The van der Waals surface area contributed by atoms with Crippen LogP contribution in [-0.4, -0.2) is 194 Å². The van der Waals surface area contributed by atoms with E-state index in [0.717, 1.165) is 19.3 Å². The van der Waals surface area contributed by atoms with Crippen LogP contribution in [0.5, 0.6) is 0 Å². The molecule has 13 atom stereocenters. The van der Waals surface area contributed by atoms with Crippen molar-refractivity contribution in [2.24, 2.45) is 5.92 Å². The number of hydrogen-bond donors (Lipinski definition) is 11. The maximum atomic E-state index is 13.4. The van der Waals surface area contributed by atoms with Crippen molar-refractivity contribution in [1.29, 1.82) is 0 Å². The van der Waals surface area contributed by atoms with Gasteiger partial charge < -0.3 is 80.4 Å². The van der Waals surface area contributed by atoms with Gasteiger partial charge in [0.1, 0.15) is 48.8 Å². The molecular formula is C41H73N3O17Y. The van der Waals surface area contributed by atoms with Crippen molar-refractivity contribution in [2.75, 3.05) is 46.1 Å². The number of Topliss-reactive ketones (excluding diaryl/α,β-unsaturated/α-hetero) is 1. The molecule has 11 N–H and O–H groups in total. The number of nitrogens with zero attached hydrogens (tertiary/aromatic N) is 1. The van der Waals surface area contributed by atoms with Gasteiger partial charge in [-0.2, -0.15) is 0 Å². The number of aliphatic hydroxyl groups is 9. The second-order valence-corrected chi connectivity index (χ2v) is 16.6. The summed E-state index contributed by atoms with van der Waals surface area (Å²) in [6.07, 6.45) is -6.12. The van der Waals surface area contributed by atoms with Gasteiger partial charge in [0.25, 0.3) is 0 Å². The molecule has 0 bridgehead atoms. The van der Waals surface area contributed by atoms with E-state index in [4.69, 9.17) is 18.9 Å². The number of carbonyl (C=O) groups is 4. The molecule has 3 amide bonds. The molecule has 0 saturated carbocycles. The Labute approximate surface area is 389 Å². The third-order valence-corrected chi connectivity index (χ3v) is 11.5. The van der Waals surface area contributed by atoms with Crippen molar-refractivity contribution in [3.63, 3.8) is 0 Å². The Morgan fingerprint density at radius 1 is 0.629 bits per heavy atom. The number of carbonyl (C=O) groups excluding carboxylic acids is 4. The van der Waals surface area contributed by atoms with Gasteiger partial charge >= 0.3 is 0 Å². The van der Waals surface area contributed by atoms with E-state index in [-0.39, 0.29) is 101 Å². The number of ketones is 1. The molecule has 62 heavy (non-hydrogen) atoms. The zero-order valence-electron chi connectivity index (χ0n) is 36.1. The van der Waals surface area contributed by atoms with Gasteiger partial charge in [0.05, 0.1) is 31.9 Å². The van der Waals surface area contributed by atoms with Crippen LogP contribution in [0.1, 0.15) is 110 Å². The average molecular weight is 969 g/mol. The van der Waals surface area contributed by atoms with E-state index in [1.54, 1.807) is 4.90 Å². The predicted molar refractivity (Wildman–Crippen MR) is 215 cm³/mol. The van der Waals surface area contributed by atoms with Crippen LogP contribution in [0.2, 0.25) is 0 Å². The first-order chi connectivity index (χ1) is 29.2. The smallest absolute Gasteiger partial charge is 0.222 e. The predicted octanol–water partition coefficient (Wildman–Crippen LogP) is -2.13. The van der Waals surface area contributed by atoms with E-state index in [1.165, 1.54) is 0 Å². The molecule has 0 aliphatic carbocycles. The average Bonchev–Trinajstić information content (AvgIpc) is 3.64. The van der Waals surface area contributed by atoms with Crippen LogP contribution in [-0.2, 0) is 70.8 Å². The molecule has 3 aliphatic heterocycles. The number of likely N-dealkylation sites (tertiary alicyclic amines) is 1. The number of aliphatic hydroxyl groups excluding tert-OH is 9. The summed E-state index contributed by atoms with van der Waals surface area (Å²) in [5.41, 5.74) is 0. The van der Waals surface area contributed by atoms with Crippen molar-refractivity contribution < 1.29 is 117 Å². The van der Waals surface area contributed by atoms with Crippen molar-refractivity contribution in [2.45, 2.75) is 183 Å². The quantitative estimate of drug-likeness (QED) is 0.0357. The number of ether oxygens (including phenoxy) is 4. The van der Waals surface area contributed by atoms with E-state index < -0.39 is 80.7 Å². The van der Waals surface area contributed by atoms with Gasteiger partial charge in [-0.3, -0.25) is 19.2 Å². The molecule has 357 valence electrons. The molecule has 0 aromatic rings. The molecule has 3 heterocycles. The SMILES string of the molecule is C[C@@H]1C[C@@H](CO)N(C(=O)CCCCCCC(=O)[C@@H](CCCCNC(=O)CCCCOC2OC(CO)C(O)C(O)C2O)NC(=O)CCCCOC2OC(CO)C(O)C(O)C2O)C1.[Y]. The van der Waals surface area contributed by atoms with E-state index >= 15 is 0 Å². The van der Waals surface area contributed by atoms with Crippen molar-refractivity contribution in [3.05, 3.63) is 0 Å². The Morgan fingerprint density at radius 2 is 1.15 bits per heavy atom. The number of unbranched alkanes of at least 4 members (excludes halogenated alkanes) is 6. The van der Waals surface area contributed by atoms with Gasteiger partial charge in [0.2, 0.25) is 17.7 Å². The van der Waals surface area contributed by atoms with Crippen LogP contribution in [0.15, 0.2) is 0 Å². The van der Waals surface area contributed by atoms with Crippen molar-refractivity contribution >= 4 is 23.5 Å². The van der Waals surface area contributed by atoms with E-state index in [0.29, 0.717) is 83.2 Å². The Hall–Kier alpha value is -1.34. The monoisotopic (exact) mass is 968 g/mol. The van der Waals surface area contributed by atoms with Gasteiger partial charge in [-0.05, 0) is 70.1 Å². The Kier molecular flexibility index (Phi) is 28.2. The van der Waals surface area contributed by atoms with Crippen molar-refractivity contribution in [3.8, 4) is 0 Å². The summed E-state index contributed by atoms with van der Waals surface area (Å²) in [5.74, 6) is -0.222. The maximum absolute atomic E-state index is 13.4. The van der Waals surface area contributed by atoms with E-state index in [1.807, 2.05) is 0 Å². The van der Waals surface area contributed by atoms with Gasteiger partial charge in [-0.25, -0.2) is 0 Å². The third-order valence-electron chi connectivity index (χ3n) is 11.5. The minimum absolute atomic E-state index is 0. The van der Waals surface area contributed by atoms with E-state index in [9.17, 15) is 65.1 Å². The third kappa shape index (κ3) is 18.9. The van der Waals surface area contributed by atoms with Gasteiger partial charge in [-0.1, -0.05) is 19.8 Å². The molecule has 20 nitrogen and oxygen atoms in total. The first-order valence-corrected chi connectivity index (χ1v) is 22.1. The summed E-state index contributed by atoms with van der Waals surface area (Å²) >= 11 is 0. The van der Waals surface area contributed by atoms with Crippen LogP contribution in [0.25, 0.3) is 0 Å². The number of nitrogens with one attached hydrogen (secondary N) is 2. The van der Waals surface area contributed by atoms with Crippen molar-refractivity contribution in [1.82, 2.24) is 15.5 Å².